The van der Waals surface area contributed by atoms with E-state index >= 15 is 0 Å². The molecule has 1 aliphatic rings. The van der Waals surface area contributed by atoms with Crippen LogP contribution in [-0.4, -0.2) is 66.3 Å². The first-order valence-electron chi connectivity index (χ1n) is 10.5. The number of aromatic nitrogens is 3. The molecule has 33 heavy (non-hydrogen) atoms. The first-order chi connectivity index (χ1) is 15.7. The Labute approximate surface area is 193 Å². The molecule has 0 unspecified atom stereocenters. The molecular formula is C23H25N5O4S. The summed E-state index contributed by atoms with van der Waals surface area (Å²) >= 11 is 0. The summed E-state index contributed by atoms with van der Waals surface area (Å²) in [6, 6.07) is 11.8. The number of sulfonamides is 1. The molecule has 172 valence electrons. The third-order valence-electron chi connectivity index (χ3n) is 5.58. The lowest BCUT2D eigenvalue weighted by molar-refractivity contribution is -0.0252. The molecule has 1 saturated heterocycles. The molecule has 10 heteroatoms. The fourth-order valence-electron chi connectivity index (χ4n) is 3.58. The lowest BCUT2D eigenvalue weighted by Gasteiger charge is -2.30. The van der Waals surface area contributed by atoms with Crippen LogP contribution in [0, 0.1) is 11.3 Å². The van der Waals surface area contributed by atoms with Gasteiger partial charge in [-0.2, -0.15) is 9.57 Å². The number of nitriles is 1. The quantitative estimate of drug-likeness (QED) is 0.543. The molecule has 1 atom stereocenters. The maximum atomic E-state index is 11.9. The topological polar surface area (TPSA) is 118 Å². The maximum absolute atomic E-state index is 11.9. The van der Waals surface area contributed by atoms with Crippen molar-refractivity contribution in [3.05, 3.63) is 48.3 Å². The van der Waals surface area contributed by atoms with Crippen LogP contribution in [0.15, 0.2) is 42.7 Å². The number of rotatable bonds is 6. The average Bonchev–Trinajstić information content (AvgIpc) is 2.82. The van der Waals surface area contributed by atoms with Crippen LogP contribution in [0.5, 0.6) is 5.88 Å². The molecule has 3 aromatic rings. The van der Waals surface area contributed by atoms with Crippen molar-refractivity contribution < 1.29 is 17.9 Å². The van der Waals surface area contributed by atoms with Crippen LogP contribution in [0.1, 0.15) is 19.4 Å². The summed E-state index contributed by atoms with van der Waals surface area (Å²) in [5.41, 5.74) is 2.97. The van der Waals surface area contributed by atoms with Crippen molar-refractivity contribution in [3.8, 4) is 23.2 Å². The Morgan fingerprint density at radius 3 is 2.67 bits per heavy atom. The molecular weight excluding hydrogens is 442 g/mol. The first kappa shape index (κ1) is 23.0. The van der Waals surface area contributed by atoms with Crippen molar-refractivity contribution in [3.63, 3.8) is 0 Å². The van der Waals surface area contributed by atoms with Gasteiger partial charge in [0.05, 0.1) is 35.6 Å². The van der Waals surface area contributed by atoms with Gasteiger partial charge in [-0.3, -0.25) is 4.98 Å². The van der Waals surface area contributed by atoms with Crippen molar-refractivity contribution in [1.82, 2.24) is 19.3 Å². The minimum Gasteiger partial charge on any atom is -0.473 e. The van der Waals surface area contributed by atoms with E-state index in [1.54, 1.807) is 12.4 Å². The van der Waals surface area contributed by atoms with Gasteiger partial charge in [0.15, 0.2) is 5.52 Å². The zero-order valence-corrected chi connectivity index (χ0v) is 19.5. The van der Waals surface area contributed by atoms with Crippen molar-refractivity contribution in [2.24, 2.45) is 0 Å². The Morgan fingerprint density at radius 1 is 1.24 bits per heavy atom. The molecule has 0 saturated carbocycles. The molecule has 1 aromatic carbocycles. The monoisotopic (exact) mass is 467 g/mol. The van der Waals surface area contributed by atoms with Crippen molar-refractivity contribution in [2.75, 3.05) is 32.6 Å². The molecule has 1 fully saturated rings. The number of hydrogen-bond donors (Lipinski definition) is 0. The van der Waals surface area contributed by atoms with Crippen LogP contribution < -0.4 is 4.74 Å². The van der Waals surface area contributed by atoms with E-state index in [9.17, 15) is 13.7 Å². The zero-order valence-electron chi connectivity index (χ0n) is 18.7. The van der Waals surface area contributed by atoms with E-state index in [1.165, 1.54) is 10.6 Å². The molecule has 0 radical (unpaired) electrons. The fourth-order valence-corrected chi connectivity index (χ4v) is 4.42. The second kappa shape index (κ2) is 9.02. The van der Waals surface area contributed by atoms with Gasteiger partial charge in [0.2, 0.25) is 15.9 Å². The summed E-state index contributed by atoms with van der Waals surface area (Å²) in [5, 5.41) is 9.38. The molecule has 9 nitrogen and oxygen atoms in total. The van der Waals surface area contributed by atoms with Gasteiger partial charge in [-0.1, -0.05) is 24.3 Å². The van der Waals surface area contributed by atoms with E-state index in [0.717, 1.165) is 11.1 Å². The Hall–Kier alpha value is -3.13. The highest BCUT2D eigenvalue weighted by Gasteiger charge is 2.27. The summed E-state index contributed by atoms with van der Waals surface area (Å²) in [7, 11) is -3.30. The molecule has 0 bridgehead atoms. The highest BCUT2D eigenvalue weighted by Crippen LogP contribution is 2.29. The second-order valence-corrected chi connectivity index (χ2v) is 10.5. The second-order valence-electron chi connectivity index (χ2n) is 8.48. The molecule has 0 amide bonds. The fraction of sp³-hybridized carbons (Fsp3) is 0.391. The zero-order chi connectivity index (χ0) is 23.6. The smallest absolute Gasteiger partial charge is 0.242 e. The number of morpholine rings is 1. The van der Waals surface area contributed by atoms with E-state index in [2.05, 4.69) is 21.0 Å². The number of fused-ring (bicyclic) bond motifs is 1. The predicted octanol–water partition coefficient (Wildman–Crippen LogP) is 2.53. The van der Waals surface area contributed by atoms with E-state index in [0.29, 0.717) is 35.8 Å². The van der Waals surface area contributed by atoms with Gasteiger partial charge in [0.1, 0.15) is 12.7 Å². The lowest BCUT2D eigenvalue weighted by Crippen LogP contribution is -2.47. The Morgan fingerprint density at radius 2 is 1.97 bits per heavy atom. The van der Waals surface area contributed by atoms with Crippen LogP contribution in [0.4, 0.5) is 0 Å². The van der Waals surface area contributed by atoms with Crippen molar-refractivity contribution in [2.45, 2.75) is 25.4 Å². The van der Waals surface area contributed by atoms with Crippen LogP contribution in [0.2, 0.25) is 0 Å². The summed E-state index contributed by atoms with van der Waals surface area (Å²) in [5.74, 6) is 0.303. The number of nitrogens with zero attached hydrogens (tertiary/aromatic N) is 5. The minimum absolute atomic E-state index is 0.128. The van der Waals surface area contributed by atoms with Crippen LogP contribution in [0.25, 0.3) is 22.3 Å². The van der Waals surface area contributed by atoms with E-state index in [4.69, 9.17) is 9.47 Å². The van der Waals surface area contributed by atoms with Gasteiger partial charge in [0.25, 0.3) is 0 Å². The van der Waals surface area contributed by atoms with E-state index in [-0.39, 0.29) is 13.2 Å². The first-order valence-corrected chi connectivity index (χ1v) is 12.4. The number of benzene rings is 1. The van der Waals surface area contributed by atoms with Gasteiger partial charge >= 0.3 is 0 Å². The van der Waals surface area contributed by atoms with E-state index < -0.39 is 21.5 Å². The number of pyridine rings is 1. The van der Waals surface area contributed by atoms with Gasteiger partial charge in [-0.15, -0.1) is 0 Å². The standard InChI is InChI=1S/C23H25N5O4S/c1-23(2,15-24)17-6-4-16(5-7-17)19-12-20-21(26-9-8-25-20)22(27-19)32-14-18-13-28(10-11-31-18)33(3,29)30/h4-9,12,18H,10-11,13-14H2,1-3H3/t18-/m0/s1. The third kappa shape index (κ3) is 5.11. The van der Waals surface area contributed by atoms with Gasteiger partial charge in [0, 0.05) is 31.0 Å². The van der Waals surface area contributed by atoms with Crippen LogP contribution >= 0.6 is 0 Å². The Kier molecular flexibility index (Phi) is 6.30. The SMILES string of the molecule is CC(C)(C#N)c1ccc(-c2cc3nccnc3c(OC[C@@H]3CN(S(C)(=O)=O)CCO3)n2)cc1. The summed E-state index contributed by atoms with van der Waals surface area (Å²) in [6.07, 6.45) is 3.94. The Bertz CT molecular complexity index is 1300. The van der Waals surface area contributed by atoms with Gasteiger partial charge in [-0.25, -0.2) is 18.4 Å². The molecule has 0 aliphatic carbocycles. The summed E-state index contributed by atoms with van der Waals surface area (Å²) in [6.45, 7) is 4.73. The average molecular weight is 468 g/mol. The maximum Gasteiger partial charge on any atom is 0.242 e. The van der Waals surface area contributed by atoms with Gasteiger partial charge < -0.3 is 9.47 Å². The highest BCUT2D eigenvalue weighted by molar-refractivity contribution is 7.88. The van der Waals surface area contributed by atoms with Gasteiger partial charge in [-0.05, 0) is 25.5 Å². The summed E-state index contributed by atoms with van der Waals surface area (Å²) < 4.78 is 36.8. The molecule has 4 rings (SSSR count). The summed E-state index contributed by atoms with van der Waals surface area (Å²) in [4.78, 5) is 13.4. The van der Waals surface area contributed by atoms with E-state index in [1.807, 2.05) is 44.2 Å². The highest BCUT2D eigenvalue weighted by atomic mass is 32.2. The number of hydrogen-bond acceptors (Lipinski definition) is 8. The number of ether oxygens (including phenoxy) is 2. The molecule has 1 aliphatic heterocycles. The Balaban J connectivity index is 1.61. The van der Waals surface area contributed by atoms with Crippen molar-refractivity contribution in [1.29, 1.82) is 5.26 Å². The largest absolute Gasteiger partial charge is 0.473 e. The third-order valence-corrected chi connectivity index (χ3v) is 6.85. The molecule has 2 aromatic heterocycles. The molecule has 0 spiro atoms. The molecule has 0 N–H and O–H groups in total. The van der Waals surface area contributed by atoms with Crippen molar-refractivity contribution >= 4 is 21.1 Å². The van der Waals surface area contributed by atoms with Crippen LogP contribution in [0.3, 0.4) is 0 Å². The van der Waals surface area contributed by atoms with Crippen LogP contribution in [-0.2, 0) is 20.2 Å². The lowest BCUT2D eigenvalue weighted by atomic mass is 9.86. The molecule has 3 heterocycles. The predicted molar refractivity (Wildman–Crippen MR) is 123 cm³/mol. The normalized spacial score (nSPS) is 17.6. The minimum atomic E-state index is -3.30.